The van der Waals surface area contributed by atoms with Crippen LogP contribution in [0.2, 0.25) is 0 Å². The molecule has 8 nitrogen and oxygen atoms in total. The van der Waals surface area contributed by atoms with E-state index in [-0.39, 0.29) is 5.84 Å². The number of nitrogens with one attached hydrogen (secondary N) is 1. The van der Waals surface area contributed by atoms with E-state index in [9.17, 15) is 4.79 Å². The van der Waals surface area contributed by atoms with Gasteiger partial charge in [0, 0.05) is 5.69 Å². The van der Waals surface area contributed by atoms with Gasteiger partial charge in [0.1, 0.15) is 5.75 Å². The largest absolute Gasteiger partial charge is 0.465 e. The zero-order valence-electron chi connectivity index (χ0n) is 9.98. The van der Waals surface area contributed by atoms with Crippen LogP contribution in [0.1, 0.15) is 4.88 Å². The molecular formula is C11H10N4O4S. The molecule has 20 heavy (non-hydrogen) atoms. The van der Waals surface area contributed by atoms with Gasteiger partial charge in [-0.2, -0.15) is 0 Å². The normalized spacial score (nSPS) is 11.1. The van der Waals surface area contributed by atoms with Crippen LogP contribution in [0.3, 0.4) is 0 Å². The number of anilines is 1. The second kappa shape index (κ2) is 5.89. The summed E-state index contributed by atoms with van der Waals surface area (Å²) in [6, 6.07) is 6.30. The monoisotopic (exact) mass is 294 g/mol. The zero-order valence-corrected chi connectivity index (χ0v) is 10.8. The van der Waals surface area contributed by atoms with Crippen LogP contribution in [0.25, 0.3) is 0 Å². The molecule has 0 fully saturated rings. The first-order valence-corrected chi connectivity index (χ1v) is 6.11. The SMILES string of the molecule is N/C(=N\O)c1cnc(Oc2ccc(NC(=O)O)cc2)s1. The first-order chi connectivity index (χ1) is 9.58. The fraction of sp³-hybridized carbons (Fsp3) is 0. The quantitative estimate of drug-likeness (QED) is 0.296. The van der Waals surface area contributed by atoms with Crippen LogP contribution in [0.5, 0.6) is 10.9 Å². The molecule has 1 amide bonds. The second-order valence-electron chi connectivity index (χ2n) is 3.53. The summed E-state index contributed by atoms with van der Waals surface area (Å²) in [6.45, 7) is 0. The molecule has 0 radical (unpaired) electrons. The van der Waals surface area contributed by atoms with Crippen molar-refractivity contribution in [2.75, 3.05) is 5.32 Å². The molecule has 0 spiro atoms. The van der Waals surface area contributed by atoms with Gasteiger partial charge in [0.2, 0.25) is 0 Å². The van der Waals surface area contributed by atoms with Gasteiger partial charge in [0.05, 0.1) is 11.1 Å². The smallest absolute Gasteiger partial charge is 0.409 e. The van der Waals surface area contributed by atoms with Gasteiger partial charge in [-0.05, 0) is 24.3 Å². The Morgan fingerprint density at radius 3 is 2.70 bits per heavy atom. The Hall–Kier alpha value is -2.81. The molecule has 5 N–H and O–H groups in total. The van der Waals surface area contributed by atoms with E-state index >= 15 is 0 Å². The number of oxime groups is 1. The van der Waals surface area contributed by atoms with Crippen LogP contribution in [-0.2, 0) is 0 Å². The summed E-state index contributed by atoms with van der Waals surface area (Å²) in [5.41, 5.74) is 5.85. The predicted octanol–water partition coefficient (Wildman–Crippen LogP) is 2.12. The predicted molar refractivity (Wildman–Crippen MR) is 72.8 cm³/mol. The van der Waals surface area contributed by atoms with Crippen molar-refractivity contribution in [1.29, 1.82) is 0 Å². The first-order valence-electron chi connectivity index (χ1n) is 5.30. The van der Waals surface area contributed by atoms with Crippen LogP contribution >= 0.6 is 11.3 Å². The van der Waals surface area contributed by atoms with Crippen molar-refractivity contribution in [3.63, 3.8) is 0 Å². The molecule has 0 atom stereocenters. The number of hydrogen-bond acceptors (Lipinski definition) is 6. The second-order valence-corrected chi connectivity index (χ2v) is 4.53. The van der Waals surface area contributed by atoms with Gasteiger partial charge >= 0.3 is 6.09 Å². The van der Waals surface area contributed by atoms with Gasteiger partial charge < -0.3 is 20.8 Å². The number of carboxylic acid groups (broad SMARTS) is 1. The zero-order chi connectivity index (χ0) is 14.5. The minimum absolute atomic E-state index is 0.0432. The molecular weight excluding hydrogens is 284 g/mol. The molecule has 1 heterocycles. The third-order valence-electron chi connectivity index (χ3n) is 2.16. The van der Waals surface area contributed by atoms with E-state index < -0.39 is 6.09 Å². The number of nitrogens with zero attached hydrogens (tertiary/aromatic N) is 2. The highest BCUT2D eigenvalue weighted by Gasteiger charge is 2.08. The molecule has 0 aliphatic carbocycles. The Balaban J connectivity index is 2.06. The molecule has 0 bridgehead atoms. The maximum atomic E-state index is 10.4. The summed E-state index contributed by atoms with van der Waals surface area (Å²) >= 11 is 1.12. The number of benzene rings is 1. The number of carbonyl (C=O) groups is 1. The van der Waals surface area contributed by atoms with Gasteiger partial charge in [0.25, 0.3) is 5.19 Å². The number of rotatable bonds is 4. The fourth-order valence-corrected chi connectivity index (χ4v) is 1.99. The van der Waals surface area contributed by atoms with E-state index in [2.05, 4.69) is 15.5 Å². The van der Waals surface area contributed by atoms with Crippen molar-refractivity contribution in [3.05, 3.63) is 35.3 Å². The maximum absolute atomic E-state index is 10.4. The summed E-state index contributed by atoms with van der Waals surface area (Å²) in [4.78, 5) is 14.9. The van der Waals surface area contributed by atoms with Crippen molar-refractivity contribution in [2.24, 2.45) is 10.9 Å². The topological polar surface area (TPSA) is 130 Å². The van der Waals surface area contributed by atoms with E-state index in [1.807, 2.05) is 0 Å². The van der Waals surface area contributed by atoms with E-state index in [0.29, 0.717) is 21.5 Å². The number of hydrogen-bond donors (Lipinski definition) is 4. The minimum Gasteiger partial charge on any atom is -0.465 e. The highest BCUT2D eigenvalue weighted by atomic mass is 32.1. The lowest BCUT2D eigenvalue weighted by Crippen LogP contribution is -2.10. The number of ether oxygens (including phenoxy) is 1. The van der Waals surface area contributed by atoms with Crippen LogP contribution in [-0.4, -0.2) is 27.2 Å². The van der Waals surface area contributed by atoms with E-state index in [4.69, 9.17) is 20.8 Å². The average molecular weight is 294 g/mol. The molecule has 0 aliphatic heterocycles. The first kappa shape index (κ1) is 13.6. The Labute approximate surface area is 117 Å². The summed E-state index contributed by atoms with van der Waals surface area (Å²) in [5.74, 6) is 0.444. The molecule has 1 aromatic heterocycles. The molecule has 1 aromatic carbocycles. The molecule has 104 valence electrons. The number of amidine groups is 1. The Morgan fingerprint density at radius 1 is 1.40 bits per heavy atom. The number of amides is 1. The van der Waals surface area contributed by atoms with Crippen molar-refractivity contribution in [3.8, 4) is 10.9 Å². The van der Waals surface area contributed by atoms with Gasteiger partial charge in [-0.15, -0.1) is 0 Å². The maximum Gasteiger partial charge on any atom is 0.409 e. The summed E-state index contributed by atoms with van der Waals surface area (Å²) in [7, 11) is 0. The van der Waals surface area contributed by atoms with Crippen molar-refractivity contribution in [1.82, 2.24) is 4.98 Å². The molecule has 0 saturated heterocycles. The summed E-state index contributed by atoms with van der Waals surface area (Å²) in [6.07, 6.45) is 0.289. The highest BCUT2D eigenvalue weighted by molar-refractivity contribution is 7.15. The Bertz CT molecular complexity index is 638. The lowest BCUT2D eigenvalue weighted by atomic mass is 10.3. The molecule has 2 rings (SSSR count). The van der Waals surface area contributed by atoms with E-state index in [1.165, 1.54) is 6.20 Å². The lowest BCUT2D eigenvalue weighted by molar-refractivity contribution is 0.209. The Kier molecular flexibility index (Phi) is 4.01. The molecule has 2 aromatic rings. The third kappa shape index (κ3) is 3.36. The number of aromatic nitrogens is 1. The minimum atomic E-state index is -1.14. The summed E-state index contributed by atoms with van der Waals surface area (Å²) in [5, 5.41) is 22.5. The molecule has 0 aliphatic rings. The molecule has 9 heteroatoms. The Morgan fingerprint density at radius 2 is 2.10 bits per heavy atom. The van der Waals surface area contributed by atoms with Gasteiger partial charge in [-0.3, -0.25) is 5.32 Å². The highest BCUT2D eigenvalue weighted by Crippen LogP contribution is 2.27. The number of thiazole rings is 1. The molecule has 0 unspecified atom stereocenters. The summed E-state index contributed by atoms with van der Waals surface area (Å²) < 4.78 is 5.45. The van der Waals surface area contributed by atoms with Crippen LogP contribution in [0, 0.1) is 0 Å². The van der Waals surface area contributed by atoms with Gasteiger partial charge in [-0.1, -0.05) is 16.5 Å². The standard InChI is InChI=1S/C11H10N4O4S/c12-9(15-18)8-5-13-11(20-8)19-7-3-1-6(2-4-7)14-10(16)17/h1-5,14,18H,(H2,12,15)(H,16,17). The van der Waals surface area contributed by atoms with Crippen molar-refractivity contribution < 1.29 is 19.8 Å². The van der Waals surface area contributed by atoms with Crippen LogP contribution in [0.4, 0.5) is 10.5 Å². The van der Waals surface area contributed by atoms with Crippen molar-refractivity contribution >= 4 is 29.0 Å². The van der Waals surface area contributed by atoms with Crippen molar-refractivity contribution in [2.45, 2.75) is 0 Å². The van der Waals surface area contributed by atoms with E-state index in [1.54, 1.807) is 24.3 Å². The van der Waals surface area contributed by atoms with Crippen LogP contribution in [0.15, 0.2) is 35.6 Å². The number of nitrogens with two attached hydrogens (primary N) is 1. The lowest BCUT2D eigenvalue weighted by Gasteiger charge is -2.03. The fourth-order valence-electron chi connectivity index (χ4n) is 1.30. The van der Waals surface area contributed by atoms with E-state index in [0.717, 1.165) is 11.3 Å². The van der Waals surface area contributed by atoms with Crippen LogP contribution < -0.4 is 15.8 Å². The van der Waals surface area contributed by atoms with Gasteiger partial charge in [-0.25, -0.2) is 9.78 Å². The van der Waals surface area contributed by atoms with Gasteiger partial charge in [0.15, 0.2) is 5.84 Å². The molecule has 0 saturated carbocycles. The third-order valence-corrected chi connectivity index (χ3v) is 3.05. The average Bonchev–Trinajstić information content (AvgIpc) is 2.88.